The standard InChI is InChI=1S/C19H27N5O2/c1-14-6-5-7-16(21-14)9-24-8-15(11-26-12-18(25)22(2)3)19-17(10-24)20-13-23(19)4/h5-7,13,15H,8-12H2,1-4H3. The molecule has 3 rings (SSSR count). The summed E-state index contributed by atoms with van der Waals surface area (Å²) < 4.78 is 7.79. The van der Waals surface area contributed by atoms with Crippen LogP contribution in [-0.2, 0) is 29.7 Å². The Kier molecular flexibility index (Phi) is 5.68. The zero-order chi connectivity index (χ0) is 18.7. The van der Waals surface area contributed by atoms with Gasteiger partial charge in [-0.3, -0.25) is 14.7 Å². The molecule has 1 amide bonds. The van der Waals surface area contributed by atoms with E-state index in [1.54, 1.807) is 19.0 Å². The SMILES string of the molecule is Cc1cccc(CN2Cc3ncn(C)c3C(COCC(=O)N(C)C)C2)n1. The quantitative estimate of drug-likeness (QED) is 0.780. The minimum absolute atomic E-state index is 0.0214. The van der Waals surface area contributed by atoms with Gasteiger partial charge in [0.05, 0.1) is 24.3 Å². The van der Waals surface area contributed by atoms with Crippen molar-refractivity contribution >= 4 is 5.91 Å². The van der Waals surface area contributed by atoms with Gasteiger partial charge in [0.25, 0.3) is 0 Å². The van der Waals surface area contributed by atoms with Crippen molar-refractivity contribution in [1.82, 2.24) is 24.3 Å². The lowest BCUT2D eigenvalue weighted by atomic mass is 9.98. The summed E-state index contributed by atoms with van der Waals surface area (Å²) in [6.45, 7) is 5.07. The Labute approximate surface area is 154 Å². The van der Waals surface area contributed by atoms with Crippen LogP contribution in [0.15, 0.2) is 24.5 Å². The van der Waals surface area contributed by atoms with Gasteiger partial charge in [-0.1, -0.05) is 6.07 Å². The number of amides is 1. The Morgan fingerprint density at radius 3 is 2.92 bits per heavy atom. The van der Waals surface area contributed by atoms with Crippen LogP contribution >= 0.6 is 0 Å². The van der Waals surface area contributed by atoms with Gasteiger partial charge in [-0.2, -0.15) is 0 Å². The normalized spacial score (nSPS) is 17.2. The maximum atomic E-state index is 11.7. The molecule has 0 aliphatic carbocycles. The monoisotopic (exact) mass is 357 g/mol. The van der Waals surface area contributed by atoms with E-state index in [0.717, 1.165) is 36.7 Å². The average Bonchev–Trinajstić information content (AvgIpc) is 2.96. The summed E-state index contributed by atoms with van der Waals surface area (Å²) in [6.07, 6.45) is 1.86. The van der Waals surface area contributed by atoms with Crippen molar-refractivity contribution in [3.63, 3.8) is 0 Å². The fraction of sp³-hybridized carbons (Fsp3) is 0.526. The molecule has 0 N–H and O–H groups in total. The highest BCUT2D eigenvalue weighted by Crippen LogP contribution is 2.28. The van der Waals surface area contributed by atoms with Gasteiger partial charge in [-0.25, -0.2) is 4.98 Å². The molecule has 0 bridgehead atoms. The first-order valence-corrected chi connectivity index (χ1v) is 8.87. The highest BCUT2D eigenvalue weighted by atomic mass is 16.5. The number of pyridine rings is 1. The van der Waals surface area contributed by atoms with E-state index in [4.69, 9.17) is 4.74 Å². The number of fused-ring (bicyclic) bond motifs is 1. The lowest BCUT2D eigenvalue weighted by Gasteiger charge is -2.32. The first kappa shape index (κ1) is 18.5. The van der Waals surface area contributed by atoms with Crippen molar-refractivity contribution in [2.45, 2.75) is 25.9 Å². The number of hydrogen-bond donors (Lipinski definition) is 0. The third-order valence-electron chi connectivity index (χ3n) is 4.68. The number of rotatable bonds is 6. The molecular weight excluding hydrogens is 330 g/mol. The molecule has 0 saturated heterocycles. The maximum Gasteiger partial charge on any atom is 0.248 e. The Morgan fingerprint density at radius 1 is 1.38 bits per heavy atom. The third kappa shape index (κ3) is 4.28. The third-order valence-corrected chi connectivity index (χ3v) is 4.68. The highest BCUT2D eigenvalue weighted by molar-refractivity contribution is 5.76. The molecule has 0 saturated carbocycles. The molecule has 140 valence electrons. The molecule has 3 heterocycles. The van der Waals surface area contributed by atoms with Gasteiger partial charge in [0.1, 0.15) is 6.61 Å². The summed E-state index contributed by atoms with van der Waals surface area (Å²) in [5.74, 6) is 0.165. The number of ether oxygens (including phenoxy) is 1. The molecule has 1 unspecified atom stereocenters. The van der Waals surface area contributed by atoms with Gasteiger partial charge < -0.3 is 14.2 Å². The molecule has 1 atom stereocenters. The van der Waals surface area contributed by atoms with Gasteiger partial charge in [-0.05, 0) is 19.1 Å². The topological polar surface area (TPSA) is 63.5 Å². The van der Waals surface area contributed by atoms with E-state index >= 15 is 0 Å². The van der Waals surface area contributed by atoms with Crippen molar-refractivity contribution < 1.29 is 9.53 Å². The number of hydrogen-bond acceptors (Lipinski definition) is 5. The highest BCUT2D eigenvalue weighted by Gasteiger charge is 2.29. The van der Waals surface area contributed by atoms with Crippen LogP contribution in [0.4, 0.5) is 0 Å². The number of carbonyl (C=O) groups excluding carboxylic acids is 1. The Balaban J connectivity index is 1.69. The summed E-state index contributed by atoms with van der Waals surface area (Å²) in [7, 11) is 5.49. The summed E-state index contributed by atoms with van der Waals surface area (Å²) in [5.41, 5.74) is 4.38. The molecule has 2 aromatic rings. The average molecular weight is 357 g/mol. The number of aromatic nitrogens is 3. The molecule has 1 aliphatic rings. The minimum atomic E-state index is -0.0214. The smallest absolute Gasteiger partial charge is 0.248 e. The van der Waals surface area contributed by atoms with Crippen LogP contribution in [0.5, 0.6) is 0 Å². The summed E-state index contributed by atoms with van der Waals surface area (Å²) >= 11 is 0. The van der Waals surface area contributed by atoms with E-state index in [-0.39, 0.29) is 18.4 Å². The minimum Gasteiger partial charge on any atom is -0.371 e. The fourth-order valence-electron chi connectivity index (χ4n) is 3.39. The first-order chi connectivity index (χ1) is 12.4. The molecule has 7 nitrogen and oxygen atoms in total. The van der Waals surface area contributed by atoms with Crippen LogP contribution in [0.2, 0.25) is 0 Å². The van der Waals surface area contributed by atoms with E-state index in [1.165, 1.54) is 5.69 Å². The number of imidazole rings is 1. The molecule has 0 aromatic carbocycles. The molecule has 2 aromatic heterocycles. The molecule has 7 heteroatoms. The maximum absolute atomic E-state index is 11.7. The van der Waals surface area contributed by atoms with Crippen LogP contribution in [0, 0.1) is 6.92 Å². The molecule has 0 spiro atoms. The fourth-order valence-corrected chi connectivity index (χ4v) is 3.39. The lowest BCUT2D eigenvalue weighted by Crippen LogP contribution is -2.37. The van der Waals surface area contributed by atoms with E-state index in [2.05, 4.69) is 25.5 Å². The van der Waals surface area contributed by atoms with Gasteiger partial charge in [0.15, 0.2) is 0 Å². The van der Waals surface area contributed by atoms with Gasteiger partial charge in [0, 0.05) is 58.1 Å². The van der Waals surface area contributed by atoms with Crippen molar-refractivity contribution in [2.24, 2.45) is 7.05 Å². The first-order valence-electron chi connectivity index (χ1n) is 8.87. The van der Waals surface area contributed by atoms with Crippen LogP contribution in [0.25, 0.3) is 0 Å². The second-order valence-electron chi connectivity index (χ2n) is 7.13. The van der Waals surface area contributed by atoms with Crippen LogP contribution in [-0.4, -0.2) is 64.1 Å². The molecule has 26 heavy (non-hydrogen) atoms. The van der Waals surface area contributed by atoms with Crippen molar-refractivity contribution in [3.05, 3.63) is 47.3 Å². The largest absolute Gasteiger partial charge is 0.371 e. The number of nitrogens with zero attached hydrogens (tertiary/aromatic N) is 5. The van der Waals surface area contributed by atoms with E-state index < -0.39 is 0 Å². The second-order valence-corrected chi connectivity index (χ2v) is 7.13. The van der Waals surface area contributed by atoms with Gasteiger partial charge >= 0.3 is 0 Å². The van der Waals surface area contributed by atoms with Crippen LogP contribution in [0.1, 0.15) is 28.7 Å². The Hall–Kier alpha value is -2.25. The van der Waals surface area contributed by atoms with Crippen LogP contribution < -0.4 is 0 Å². The predicted octanol–water partition coefficient (Wildman–Crippen LogP) is 1.33. The predicted molar refractivity (Wildman–Crippen MR) is 98.6 cm³/mol. The van der Waals surface area contributed by atoms with Crippen molar-refractivity contribution in [2.75, 3.05) is 33.9 Å². The van der Waals surface area contributed by atoms with Gasteiger partial charge in [0.2, 0.25) is 5.91 Å². The van der Waals surface area contributed by atoms with E-state index in [0.29, 0.717) is 6.61 Å². The van der Waals surface area contributed by atoms with Crippen LogP contribution in [0.3, 0.4) is 0 Å². The lowest BCUT2D eigenvalue weighted by molar-refractivity contribution is -0.133. The zero-order valence-electron chi connectivity index (χ0n) is 16.0. The number of likely N-dealkylation sites (N-methyl/N-ethyl adjacent to an activating group) is 1. The summed E-state index contributed by atoms with van der Waals surface area (Å²) in [5, 5.41) is 0. The zero-order valence-corrected chi connectivity index (χ0v) is 16.0. The summed E-state index contributed by atoms with van der Waals surface area (Å²) in [4.78, 5) is 24.8. The Morgan fingerprint density at radius 2 is 2.19 bits per heavy atom. The Bertz CT molecular complexity index is 771. The van der Waals surface area contributed by atoms with Gasteiger partial charge in [-0.15, -0.1) is 0 Å². The molecule has 1 aliphatic heterocycles. The molecule has 0 radical (unpaired) electrons. The number of carbonyl (C=O) groups is 1. The van der Waals surface area contributed by atoms with Crippen molar-refractivity contribution in [1.29, 1.82) is 0 Å². The molecule has 0 fully saturated rings. The van der Waals surface area contributed by atoms with E-state index in [1.807, 2.05) is 32.4 Å². The second kappa shape index (κ2) is 7.97. The molecular formula is C19H27N5O2. The number of aryl methyl sites for hydroxylation is 2. The van der Waals surface area contributed by atoms with Crippen molar-refractivity contribution in [3.8, 4) is 0 Å². The van der Waals surface area contributed by atoms with E-state index in [9.17, 15) is 4.79 Å². The summed E-state index contributed by atoms with van der Waals surface area (Å²) in [6, 6.07) is 6.11.